The van der Waals surface area contributed by atoms with Gasteiger partial charge in [0.15, 0.2) is 0 Å². The Hall–Kier alpha value is -1.06. The summed E-state index contributed by atoms with van der Waals surface area (Å²) in [4.78, 5) is 2.59. The lowest BCUT2D eigenvalue weighted by Gasteiger charge is -2.37. The van der Waals surface area contributed by atoms with Crippen LogP contribution in [-0.2, 0) is 11.3 Å². The molecule has 2 heterocycles. The molecule has 2 bridgehead atoms. The third-order valence-corrected chi connectivity index (χ3v) is 4.94. The minimum Gasteiger partial charge on any atom is -0.382 e. The number of anilines is 1. The van der Waals surface area contributed by atoms with E-state index in [2.05, 4.69) is 41.5 Å². The van der Waals surface area contributed by atoms with Crippen LogP contribution in [-0.4, -0.2) is 36.7 Å². The third-order valence-electron chi connectivity index (χ3n) is 4.94. The molecular formula is C17H26N2O. The molecule has 110 valence electrons. The van der Waals surface area contributed by atoms with Gasteiger partial charge in [0.2, 0.25) is 0 Å². The van der Waals surface area contributed by atoms with E-state index in [9.17, 15) is 0 Å². The average molecular weight is 274 g/mol. The number of benzene rings is 1. The van der Waals surface area contributed by atoms with Crippen LogP contribution >= 0.6 is 0 Å². The van der Waals surface area contributed by atoms with Crippen molar-refractivity contribution in [3.05, 3.63) is 29.8 Å². The fourth-order valence-corrected chi connectivity index (χ4v) is 3.75. The first kappa shape index (κ1) is 13.9. The van der Waals surface area contributed by atoms with Crippen LogP contribution in [0.1, 0.15) is 38.2 Å². The number of hydrogen-bond acceptors (Lipinski definition) is 3. The van der Waals surface area contributed by atoms with E-state index >= 15 is 0 Å². The van der Waals surface area contributed by atoms with Crippen molar-refractivity contribution in [2.24, 2.45) is 0 Å². The van der Waals surface area contributed by atoms with Crippen LogP contribution in [0, 0.1) is 0 Å². The topological polar surface area (TPSA) is 24.5 Å². The molecule has 3 rings (SSSR count). The zero-order chi connectivity index (χ0) is 13.9. The summed E-state index contributed by atoms with van der Waals surface area (Å²) in [5, 5.41) is 3.77. The van der Waals surface area contributed by atoms with Gasteiger partial charge in [-0.15, -0.1) is 0 Å². The van der Waals surface area contributed by atoms with Gasteiger partial charge in [0.1, 0.15) is 0 Å². The van der Waals surface area contributed by atoms with Gasteiger partial charge in [0.05, 0.1) is 6.61 Å². The van der Waals surface area contributed by atoms with E-state index in [4.69, 9.17) is 4.74 Å². The first-order valence-corrected chi connectivity index (χ1v) is 7.92. The van der Waals surface area contributed by atoms with Gasteiger partial charge < -0.3 is 15.0 Å². The van der Waals surface area contributed by atoms with Crippen molar-refractivity contribution in [1.82, 2.24) is 4.90 Å². The Balaban J connectivity index is 1.66. The number of fused-ring (bicyclic) bond motifs is 2. The maximum absolute atomic E-state index is 5.57. The number of rotatable bonds is 5. The molecule has 2 atom stereocenters. The van der Waals surface area contributed by atoms with Crippen molar-refractivity contribution in [1.29, 1.82) is 0 Å². The summed E-state index contributed by atoms with van der Waals surface area (Å²) in [6, 6.07) is 10.7. The van der Waals surface area contributed by atoms with E-state index in [0.29, 0.717) is 12.6 Å². The van der Waals surface area contributed by atoms with Gasteiger partial charge >= 0.3 is 0 Å². The average Bonchev–Trinajstić information content (AvgIpc) is 2.68. The number of para-hydroxylation sites is 1. The monoisotopic (exact) mass is 274 g/mol. The van der Waals surface area contributed by atoms with Gasteiger partial charge in [-0.1, -0.05) is 18.2 Å². The molecular weight excluding hydrogens is 248 g/mol. The minimum absolute atomic E-state index is 0.617. The van der Waals surface area contributed by atoms with Gasteiger partial charge in [-0.05, 0) is 45.7 Å². The lowest BCUT2D eigenvalue weighted by Crippen LogP contribution is -2.44. The number of ether oxygens (including phenoxy) is 1. The molecule has 2 unspecified atom stereocenters. The molecule has 2 aliphatic heterocycles. The first-order chi connectivity index (χ1) is 9.78. The maximum atomic E-state index is 5.57. The molecule has 0 radical (unpaired) electrons. The van der Waals surface area contributed by atoms with Crippen molar-refractivity contribution in [2.45, 2.75) is 57.3 Å². The number of piperidine rings is 1. The molecule has 3 nitrogen and oxygen atoms in total. The zero-order valence-corrected chi connectivity index (χ0v) is 12.6. The van der Waals surface area contributed by atoms with Crippen LogP contribution in [0.3, 0.4) is 0 Å². The Morgan fingerprint density at radius 3 is 2.60 bits per heavy atom. The Morgan fingerprint density at radius 1 is 1.20 bits per heavy atom. The molecule has 3 heteroatoms. The smallest absolute Gasteiger partial charge is 0.0736 e. The fourth-order valence-electron chi connectivity index (χ4n) is 3.75. The highest BCUT2D eigenvalue weighted by molar-refractivity contribution is 5.51. The first-order valence-electron chi connectivity index (χ1n) is 7.92. The molecule has 1 N–H and O–H groups in total. The largest absolute Gasteiger partial charge is 0.382 e. The predicted octanol–water partition coefficient (Wildman–Crippen LogP) is 3.26. The molecule has 0 aliphatic carbocycles. The highest BCUT2D eigenvalue weighted by Crippen LogP contribution is 2.35. The van der Waals surface area contributed by atoms with Gasteiger partial charge in [0.25, 0.3) is 0 Å². The van der Waals surface area contributed by atoms with E-state index in [1.165, 1.54) is 36.9 Å². The van der Waals surface area contributed by atoms with E-state index in [0.717, 1.165) is 18.7 Å². The predicted molar refractivity (Wildman–Crippen MR) is 83.0 cm³/mol. The van der Waals surface area contributed by atoms with Gasteiger partial charge in [0, 0.05) is 36.0 Å². The Kier molecular flexibility index (Phi) is 4.27. The van der Waals surface area contributed by atoms with Gasteiger partial charge in [-0.2, -0.15) is 0 Å². The van der Waals surface area contributed by atoms with Gasteiger partial charge in [-0.3, -0.25) is 0 Å². The second kappa shape index (κ2) is 6.15. The summed E-state index contributed by atoms with van der Waals surface area (Å²) in [6.45, 7) is 3.52. The summed E-state index contributed by atoms with van der Waals surface area (Å²) in [6.07, 6.45) is 5.30. The molecule has 1 aromatic carbocycles. The van der Waals surface area contributed by atoms with E-state index in [1.54, 1.807) is 0 Å². The van der Waals surface area contributed by atoms with Crippen molar-refractivity contribution < 1.29 is 4.74 Å². The van der Waals surface area contributed by atoms with Crippen LogP contribution < -0.4 is 5.32 Å². The Labute approximate surface area is 122 Å². The summed E-state index contributed by atoms with van der Waals surface area (Å²) < 4.78 is 5.57. The van der Waals surface area contributed by atoms with E-state index in [1.807, 2.05) is 6.92 Å². The molecule has 0 saturated carbocycles. The Morgan fingerprint density at radius 2 is 1.90 bits per heavy atom. The van der Waals surface area contributed by atoms with E-state index in [-0.39, 0.29) is 0 Å². The standard InChI is InChI=1S/C17H26N2O/c1-3-20-12-13-6-4-5-7-17(13)18-14-10-15-8-9-16(11-14)19(15)2/h4-7,14-16,18H,3,8-12H2,1-2H3. The Bertz CT molecular complexity index is 434. The van der Waals surface area contributed by atoms with Crippen LogP contribution in [0.25, 0.3) is 0 Å². The normalized spacial score (nSPS) is 29.6. The molecule has 20 heavy (non-hydrogen) atoms. The van der Waals surface area contributed by atoms with Crippen molar-refractivity contribution >= 4 is 5.69 Å². The van der Waals surface area contributed by atoms with Crippen molar-refractivity contribution in [3.8, 4) is 0 Å². The number of nitrogens with zero attached hydrogens (tertiary/aromatic N) is 1. The summed E-state index contributed by atoms with van der Waals surface area (Å²) in [5.74, 6) is 0. The zero-order valence-electron chi connectivity index (χ0n) is 12.6. The molecule has 2 aliphatic rings. The lowest BCUT2D eigenvalue weighted by atomic mass is 9.97. The highest BCUT2D eigenvalue weighted by Gasteiger charge is 2.38. The highest BCUT2D eigenvalue weighted by atomic mass is 16.5. The van der Waals surface area contributed by atoms with Gasteiger partial charge in [-0.25, -0.2) is 0 Å². The van der Waals surface area contributed by atoms with Crippen molar-refractivity contribution in [3.63, 3.8) is 0 Å². The second-order valence-corrected chi connectivity index (χ2v) is 6.16. The molecule has 1 aromatic rings. The molecule has 2 fully saturated rings. The molecule has 0 amide bonds. The summed E-state index contributed by atoms with van der Waals surface area (Å²) >= 11 is 0. The van der Waals surface area contributed by atoms with Crippen LogP contribution in [0.5, 0.6) is 0 Å². The maximum Gasteiger partial charge on any atom is 0.0736 e. The number of nitrogens with one attached hydrogen (secondary N) is 1. The lowest BCUT2D eigenvalue weighted by molar-refractivity contribution is 0.134. The minimum atomic E-state index is 0.617. The quantitative estimate of drug-likeness (QED) is 0.892. The summed E-state index contributed by atoms with van der Waals surface area (Å²) in [5.41, 5.74) is 2.54. The summed E-state index contributed by atoms with van der Waals surface area (Å²) in [7, 11) is 2.29. The third kappa shape index (κ3) is 2.84. The van der Waals surface area contributed by atoms with Crippen molar-refractivity contribution in [2.75, 3.05) is 19.0 Å². The second-order valence-electron chi connectivity index (χ2n) is 6.16. The molecule has 2 saturated heterocycles. The van der Waals surface area contributed by atoms with Crippen LogP contribution in [0.4, 0.5) is 5.69 Å². The molecule has 0 aromatic heterocycles. The molecule has 0 spiro atoms. The van der Waals surface area contributed by atoms with E-state index < -0.39 is 0 Å². The SMILES string of the molecule is CCOCc1ccccc1NC1CC2CCC(C1)N2C. The van der Waals surface area contributed by atoms with Crippen LogP contribution in [0.15, 0.2) is 24.3 Å². The number of hydrogen-bond donors (Lipinski definition) is 1. The van der Waals surface area contributed by atoms with Crippen LogP contribution in [0.2, 0.25) is 0 Å². The fraction of sp³-hybridized carbons (Fsp3) is 0.647.